The van der Waals surface area contributed by atoms with Crippen molar-refractivity contribution in [1.82, 2.24) is 9.88 Å². The van der Waals surface area contributed by atoms with Crippen LogP contribution in [-0.4, -0.2) is 21.8 Å². The van der Waals surface area contributed by atoms with Crippen LogP contribution in [0.1, 0.15) is 35.5 Å². The van der Waals surface area contributed by atoms with Gasteiger partial charge >= 0.3 is 0 Å². The number of carbonyl (C=O) groups is 1. The number of para-hydroxylation sites is 1. The third kappa shape index (κ3) is 3.50. The van der Waals surface area contributed by atoms with Gasteiger partial charge in [-0.1, -0.05) is 24.3 Å². The third-order valence-corrected chi connectivity index (χ3v) is 4.29. The van der Waals surface area contributed by atoms with Crippen LogP contribution in [0.25, 0.3) is 10.9 Å². The molecule has 3 rings (SSSR count). The number of pyridine rings is 1. The van der Waals surface area contributed by atoms with Crippen molar-refractivity contribution in [1.29, 1.82) is 5.26 Å². The Bertz CT molecular complexity index is 1040. The van der Waals surface area contributed by atoms with Gasteiger partial charge in [-0.05, 0) is 43.7 Å². The van der Waals surface area contributed by atoms with Gasteiger partial charge in [-0.3, -0.25) is 9.59 Å². The molecule has 0 aliphatic heterocycles. The zero-order valence-electron chi connectivity index (χ0n) is 14.7. The molecular formula is C21H19N3O2. The second-order valence-electron chi connectivity index (χ2n) is 6.43. The first-order valence-corrected chi connectivity index (χ1v) is 8.41. The molecule has 0 radical (unpaired) electrons. The monoisotopic (exact) mass is 345 g/mol. The molecule has 0 aliphatic carbocycles. The number of nitrogens with zero attached hydrogens (tertiary/aromatic N) is 2. The number of amides is 1. The molecule has 0 aliphatic rings. The van der Waals surface area contributed by atoms with Gasteiger partial charge in [-0.15, -0.1) is 0 Å². The Kier molecular flexibility index (Phi) is 4.85. The average Bonchev–Trinajstić information content (AvgIpc) is 2.65. The third-order valence-electron chi connectivity index (χ3n) is 4.29. The van der Waals surface area contributed by atoms with Gasteiger partial charge in [0.15, 0.2) is 5.43 Å². The van der Waals surface area contributed by atoms with Crippen LogP contribution in [0.5, 0.6) is 0 Å². The second kappa shape index (κ2) is 7.24. The zero-order chi connectivity index (χ0) is 18.7. The molecule has 130 valence electrons. The molecule has 0 spiro atoms. The Morgan fingerprint density at radius 1 is 1.15 bits per heavy atom. The Morgan fingerprint density at radius 3 is 2.50 bits per heavy atom. The first kappa shape index (κ1) is 17.4. The van der Waals surface area contributed by atoms with Gasteiger partial charge in [-0.2, -0.15) is 5.26 Å². The lowest BCUT2D eigenvalue weighted by molar-refractivity contribution is 0.0684. The van der Waals surface area contributed by atoms with Crippen molar-refractivity contribution in [2.75, 3.05) is 0 Å². The molecule has 0 saturated heterocycles. The van der Waals surface area contributed by atoms with Crippen molar-refractivity contribution in [3.05, 3.63) is 81.6 Å². The highest BCUT2D eigenvalue weighted by atomic mass is 16.2. The highest BCUT2D eigenvalue weighted by molar-refractivity contribution is 5.95. The molecule has 3 aromatic rings. The summed E-state index contributed by atoms with van der Waals surface area (Å²) in [7, 11) is 0. The molecule has 0 atom stereocenters. The van der Waals surface area contributed by atoms with Gasteiger partial charge in [0.25, 0.3) is 5.91 Å². The predicted molar refractivity (Wildman–Crippen MR) is 101 cm³/mol. The number of aromatic nitrogens is 1. The summed E-state index contributed by atoms with van der Waals surface area (Å²) < 4.78 is 0. The van der Waals surface area contributed by atoms with E-state index < -0.39 is 0 Å². The number of hydrogen-bond donors (Lipinski definition) is 1. The minimum atomic E-state index is -0.229. The van der Waals surface area contributed by atoms with E-state index in [0.717, 1.165) is 5.56 Å². The molecular weight excluding hydrogens is 326 g/mol. The van der Waals surface area contributed by atoms with Crippen molar-refractivity contribution in [3.8, 4) is 6.07 Å². The summed E-state index contributed by atoms with van der Waals surface area (Å²) in [5.74, 6) is -0.229. The minimum Gasteiger partial charge on any atom is -0.350 e. The van der Waals surface area contributed by atoms with Crippen molar-refractivity contribution in [2.45, 2.75) is 26.4 Å². The Labute approximate surface area is 151 Å². The molecule has 5 heteroatoms. The molecule has 0 fully saturated rings. The summed E-state index contributed by atoms with van der Waals surface area (Å²) in [6.07, 6.45) is 0. The topological polar surface area (TPSA) is 77.0 Å². The summed E-state index contributed by atoms with van der Waals surface area (Å²) in [5, 5.41) is 9.46. The van der Waals surface area contributed by atoms with E-state index in [1.165, 1.54) is 6.07 Å². The van der Waals surface area contributed by atoms with Crippen molar-refractivity contribution in [2.24, 2.45) is 0 Å². The number of aromatic amines is 1. The lowest BCUT2D eigenvalue weighted by atomic mass is 10.1. The molecule has 1 N–H and O–H groups in total. The fourth-order valence-electron chi connectivity index (χ4n) is 2.84. The van der Waals surface area contributed by atoms with Gasteiger partial charge in [0.1, 0.15) is 5.69 Å². The normalized spacial score (nSPS) is 10.7. The highest BCUT2D eigenvalue weighted by Crippen LogP contribution is 2.14. The summed E-state index contributed by atoms with van der Waals surface area (Å²) in [5.41, 5.74) is 2.25. The second-order valence-corrected chi connectivity index (χ2v) is 6.43. The standard InChI is InChI=1S/C21H19N3O2/c1-14(2)24(13-16-9-7-15(12-22)8-10-16)21(26)19-11-20(25)17-5-3-4-6-18(17)23-19/h3-11,14H,13H2,1-2H3,(H,23,25). The van der Waals surface area contributed by atoms with Gasteiger partial charge in [0.2, 0.25) is 0 Å². The lowest BCUT2D eigenvalue weighted by Crippen LogP contribution is -2.37. The minimum absolute atomic E-state index is 0.0480. The van der Waals surface area contributed by atoms with E-state index >= 15 is 0 Å². The van der Waals surface area contributed by atoms with Crippen LogP contribution >= 0.6 is 0 Å². The molecule has 1 aromatic heterocycles. The van der Waals surface area contributed by atoms with Gasteiger partial charge in [0.05, 0.1) is 11.6 Å². The fraction of sp³-hybridized carbons (Fsp3) is 0.190. The van der Waals surface area contributed by atoms with Crippen LogP contribution in [-0.2, 0) is 6.54 Å². The van der Waals surface area contributed by atoms with Crippen molar-refractivity contribution in [3.63, 3.8) is 0 Å². The number of nitrogens with one attached hydrogen (secondary N) is 1. The maximum Gasteiger partial charge on any atom is 0.270 e. The molecule has 1 amide bonds. The molecule has 1 heterocycles. The number of benzene rings is 2. The highest BCUT2D eigenvalue weighted by Gasteiger charge is 2.20. The van der Waals surface area contributed by atoms with Gasteiger partial charge in [0, 0.05) is 29.6 Å². The van der Waals surface area contributed by atoms with Gasteiger partial charge < -0.3 is 9.88 Å². The van der Waals surface area contributed by atoms with E-state index in [1.807, 2.05) is 32.0 Å². The van der Waals surface area contributed by atoms with E-state index in [0.29, 0.717) is 23.0 Å². The van der Waals surface area contributed by atoms with Crippen molar-refractivity contribution >= 4 is 16.8 Å². The van der Waals surface area contributed by atoms with Gasteiger partial charge in [-0.25, -0.2) is 0 Å². The maximum absolute atomic E-state index is 13.0. The van der Waals surface area contributed by atoms with Crippen LogP contribution in [0.15, 0.2) is 59.4 Å². The summed E-state index contributed by atoms with van der Waals surface area (Å²) in [6.45, 7) is 4.26. The van der Waals surface area contributed by atoms with E-state index in [1.54, 1.807) is 35.2 Å². The SMILES string of the molecule is CC(C)N(Cc1ccc(C#N)cc1)C(=O)c1cc(=O)c2ccccc2[nH]1. The van der Waals surface area contributed by atoms with Crippen LogP contribution < -0.4 is 5.43 Å². The number of rotatable bonds is 4. The molecule has 26 heavy (non-hydrogen) atoms. The largest absolute Gasteiger partial charge is 0.350 e. The number of hydrogen-bond acceptors (Lipinski definition) is 3. The van der Waals surface area contributed by atoms with Crippen LogP contribution in [0.3, 0.4) is 0 Å². The smallest absolute Gasteiger partial charge is 0.270 e. The maximum atomic E-state index is 13.0. The zero-order valence-corrected chi connectivity index (χ0v) is 14.7. The Balaban J connectivity index is 1.94. The summed E-state index contributed by atoms with van der Waals surface area (Å²) in [4.78, 5) is 30.1. The van der Waals surface area contributed by atoms with E-state index in [9.17, 15) is 9.59 Å². The quantitative estimate of drug-likeness (QED) is 0.787. The Hall–Kier alpha value is -3.39. The number of H-pyrrole nitrogens is 1. The molecule has 0 saturated carbocycles. The summed E-state index contributed by atoms with van der Waals surface area (Å²) in [6, 6.07) is 17.7. The molecule has 0 unspecified atom stereocenters. The number of nitriles is 1. The first-order chi connectivity index (χ1) is 12.5. The van der Waals surface area contributed by atoms with E-state index in [2.05, 4.69) is 11.1 Å². The van der Waals surface area contributed by atoms with Crippen LogP contribution in [0.2, 0.25) is 0 Å². The van der Waals surface area contributed by atoms with Crippen LogP contribution in [0, 0.1) is 11.3 Å². The number of carbonyl (C=O) groups excluding carboxylic acids is 1. The molecule has 0 bridgehead atoms. The summed E-state index contributed by atoms with van der Waals surface area (Å²) >= 11 is 0. The van der Waals surface area contributed by atoms with Crippen LogP contribution in [0.4, 0.5) is 0 Å². The average molecular weight is 345 g/mol. The molecule has 2 aromatic carbocycles. The lowest BCUT2D eigenvalue weighted by Gasteiger charge is -2.27. The first-order valence-electron chi connectivity index (χ1n) is 8.41. The molecule has 5 nitrogen and oxygen atoms in total. The fourth-order valence-corrected chi connectivity index (χ4v) is 2.84. The number of fused-ring (bicyclic) bond motifs is 1. The van der Waals surface area contributed by atoms with E-state index in [4.69, 9.17) is 5.26 Å². The predicted octanol–water partition coefficient (Wildman–Crippen LogP) is 3.45. The van der Waals surface area contributed by atoms with Crippen molar-refractivity contribution < 1.29 is 4.79 Å². The van der Waals surface area contributed by atoms with E-state index in [-0.39, 0.29) is 23.1 Å². The Morgan fingerprint density at radius 2 is 1.85 bits per heavy atom.